The molecule has 0 radical (unpaired) electrons. The summed E-state index contributed by atoms with van der Waals surface area (Å²) in [5.74, 6) is -0.802. The van der Waals surface area contributed by atoms with Crippen LogP contribution in [0.3, 0.4) is 0 Å². The van der Waals surface area contributed by atoms with E-state index in [1.807, 2.05) is 11.8 Å². The van der Waals surface area contributed by atoms with Crippen molar-refractivity contribution < 1.29 is 9.90 Å². The Morgan fingerprint density at radius 1 is 1.62 bits per heavy atom. The molecule has 0 spiro atoms. The van der Waals surface area contributed by atoms with E-state index in [9.17, 15) is 4.79 Å². The Balaban J connectivity index is 3.85. The van der Waals surface area contributed by atoms with Gasteiger partial charge in [0.1, 0.15) is 0 Å². The van der Waals surface area contributed by atoms with Gasteiger partial charge in [-0.1, -0.05) is 11.6 Å². The van der Waals surface area contributed by atoms with E-state index in [0.29, 0.717) is 6.54 Å². The van der Waals surface area contributed by atoms with Crippen molar-refractivity contribution in [2.45, 2.75) is 13.3 Å². The van der Waals surface area contributed by atoms with Gasteiger partial charge < -0.3 is 5.11 Å². The molecule has 0 atom stereocenters. The van der Waals surface area contributed by atoms with Crippen molar-refractivity contribution in [1.82, 2.24) is 4.90 Å². The lowest BCUT2D eigenvalue weighted by molar-refractivity contribution is -0.138. The summed E-state index contributed by atoms with van der Waals surface area (Å²) in [4.78, 5) is 12.3. The van der Waals surface area contributed by atoms with Crippen molar-refractivity contribution in [3.8, 4) is 0 Å². The SMILES string of the molecule is C=CCN(CCC(=C)C)CC(=O)O. The molecule has 3 nitrogen and oxygen atoms in total. The maximum atomic E-state index is 10.4. The van der Waals surface area contributed by atoms with E-state index in [4.69, 9.17) is 5.11 Å². The summed E-state index contributed by atoms with van der Waals surface area (Å²) >= 11 is 0. The number of hydrogen-bond acceptors (Lipinski definition) is 2. The molecule has 0 rings (SSSR count). The van der Waals surface area contributed by atoms with Gasteiger partial charge in [-0.15, -0.1) is 13.2 Å². The van der Waals surface area contributed by atoms with Crippen LogP contribution in [-0.4, -0.2) is 35.6 Å². The van der Waals surface area contributed by atoms with Crippen LogP contribution in [0, 0.1) is 0 Å². The highest BCUT2D eigenvalue weighted by Gasteiger charge is 2.06. The van der Waals surface area contributed by atoms with Crippen LogP contribution in [0.5, 0.6) is 0 Å². The molecule has 1 N–H and O–H groups in total. The molecule has 0 bridgehead atoms. The van der Waals surface area contributed by atoms with Crippen LogP contribution < -0.4 is 0 Å². The van der Waals surface area contributed by atoms with Gasteiger partial charge in [0.05, 0.1) is 6.54 Å². The molecule has 0 aliphatic heterocycles. The minimum Gasteiger partial charge on any atom is -0.480 e. The molecule has 0 saturated carbocycles. The van der Waals surface area contributed by atoms with E-state index in [1.54, 1.807) is 6.08 Å². The van der Waals surface area contributed by atoms with E-state index in [1.165, 1.54) is 0 Å². The van der Waals surface area contributed by atoms with Gasteiger partial charge in [-0.05, 0) is 13.3 Å². The largest absolute Gasteiger partial charge is 0.480 e. The highest BCUT2D eigenvalue weighted by Crippen LogP contribution is 1.99. The molecule has 0 aromatic carbocycles. The third-order valence-corrected chi connectivity index (χ3v) is 1.60. The predicted octanol–water partition coefficient (Wildman–Crippen LogP) is 1.53. The Morgan fingerprint density at radius 3 is 2.62 bits per heavy atom. The maximum absolute atomic E-state index is 10.4. The summed E-state index contributed by atoms with van der Waals surface area (Å²) in [6.07, 6.45) is 2.54. The fourth-order valence-electron chi connectivity index (χ4n) is 0.958. The quantitative estimate of drug-likeness (QED) is 0.608. The number of hydrogen-bond donors (Lipinski definition) is 1. The summed E-state index contributed by atoms with van der Waals surface area (Å²) in [5.41, 5.74) is 1.07. The zero-order chi connectivity index (χ0) is 10.3. The number of aliphatic carboxylic acids is 1. The summed E-state index contributed by atoms with van der Waals surface area (Å²) in [7, 11) is 0. The van der Waals surface area contributed by atoms with Crippen molar-refractivity contribution in [3.05, 3.63) is 24.8 Å². The van der Waals surface area contributed by atoms with E-state index in [-0.39, 0.29) is 6.54 Å². The van der Waals surface area contributed by atoms with Crippen molar-refractivity contribution in [1.29, 1.82) is 0 Å². The molecule has 0 aromatic heterocycles. The second-order valence-electron chi connectivity index (χ2n) is 3.12. The van der Waals surface area contributed by atoms with E-state index in [2.05, 4.69) is 13.2 Å². The maximum Gasteiger partial charge on any atom is 0.317 e. The molecule has 0 amide bonds. The molecule has 0 saturated heterocycles. The van der Waals surface area contributed by atoms with Crippen molar-refractivity contribution in [2.24, 2.45) is 0 Å². The fourth-order valence-corrected chi connectivity index (χ4v) is 0.958. The average Bonchev–Trinajstić information content (AvgIpc) is 1.99. The van der Waals surface area contributed by atoms with Crippen LogP contribution in [0.25, 0.3) is 0 Å². The van der Waals surface area contributed by atoms with Crippen LogP contribution in [0.15, 0.2) is 24.8 Å². The Kier molecular flexibility index (Phi) is 5.89. The first-order valence-electron chi connectivity index (χ1n) is 4.25. The van der Waals surface area contributed by atoms with Gasteiger partial charge in [-0.3, -0.25) is 9.69 Å². The van der Waals surface area contributed by atoms with Gasteiger partial charge in [-0.25, -0.2) is 0 Å². The molecule has 0 aromatic rings. The topological polar surface area (TPSA) is 40.5 Å². The molecule has 0 fully saturated rings. The Bertz CT molecular complexity index is 199. The highest BCUT2D eigenvalue weighted by atomic mass is 16.4. The standard InChI is InChI=1S/C10H17NO2/c1-4-6-11(8-10(12)13)7-5-9(2)3/h4H,1-2,5-8H2,3H3,(H,12,13). The highest BCUT2D eigenvalue weighted by molar-refractivity contribution is 5.69. The lowest BCUT2D eigenvalue weighted by Crippen LogP contribution is -2.30. The number of carboxylic acids is 1. The molecular formula is C10H17NO2. The lowest BCUT2D eigenvalue weighted by atomic mass is 10.2. The minimum absolute atomic E-state index is 0.0687. The summed E-state index contributed by atoms with van der Waals surface area (Å²) in [5, 5.41) is 8.58. The molecule has 3 heteroatoms. The Morgan fingerprint density at radius 2 is 2.23 bits per heavy atom. The van der Waals surface area contributed by atoms with Gasteiger partial charge in [0, 0.05) is 13.1 Å². The van der Waals surface area contributed by atoms with Gasteiger partial charge in [0.15, 0.2) is 0 Å². The normalized spacial score (nSPS) is 10.0. The van der Waals surface area contributed by atoms with Crippen molar-refractivity contribution >= 4 is 5.97 Å². The second kappa shape index (κ2) is 6.43. The molecule has 74 valence electrons. The van der Waals surface area contributed by atoms with E-state index >= 15 is 0 Å². The van der Waals surface area contributed by atoms with Crippen molar-refractivity contribution in [3.63, 3.8) is 0 Å². The summed E-state index contributed by atoms with van der Waals surface area (Å²) < 4.78 is 0. The van der Waals surface area contributed by atoms with Gasteiger partial charge in [0.25, 0.3) is 0 Å². The lowest BCUT2D eigenvalue weighted by Gasteiger charge is -2.17. The average molecular weight is 183 g/mol. The Labute approximate surface area is 79.4 Å². The van der Waals surface area contributed by atoms with Crippen LogP contribution in [0.4, 0.5) is 0 Å². The number of carbonyl (C=O) groups is 1. The number of nitrogens with zero attached hydrogens (tertiary/aromatic N) is 1. The van der Waals surface area contributed by atoms with Gasteiger partial charge >= 0.3 is 5.97 Å². The van der Waals surface area contributed by atoms with Crippen LogP contribution in [-0.2, 0) is 4.79 Å². The molecule has 0 aliphatic carbocycles. The zero-order valence-corrected chi connectivity index (χ0v) is 8.12. The van der Waals surface area contributed by atoms with Crippen LogP contribution in [0.2, 0.25) is 0 Å². The molecule has 0 aliphatic rings. The predicted molar refractivity (Wildman–Crippen MR) is 53.7 cm³/mol. The second-order valence-corrected chi connectivity index (χ2v) is 3.12. The first kappa shape index (κ1) is 11.9. The zero-order valence-electron chi connectivity index (χ0n) is 8.12. The summed E-state index contributed by atoms with van der Waals surface area (Å²) in [6.45, 7) is 10.7. The Hall–Kier alpha value is -1.09. The van der Waals surface area contributed by atoms with Crippen LogP contribution >= 0.6 is 0 Å². The monoisotopic (exact) mass is 183 g/mol. The van der Waals surface area contributed by atoms with Gasteiger partial charge in [0.2, 0.25) is 0 Å². The van der Waals surface area contributed by atoms with E-state index < -0.39 is 5.97 Å². The fraction of sp³-hybridized carbons (Fsp3) is 0.500. The number of rotatable bonds is 7. The third kappa shape index (κ3) is 7.28. The number of carboxylic acid groups (broad SMARTS) is 1. The smallest absolute Gasteiger partial charge is 0.317 e. The van der Waals surface area contributed by atoms with Crippen LogP contribution in [0.1, 0.15) is 13.3 Å². The molecule has 0 unspecified atom stereocenters. The first-order valence-corrected chi connectivity index (χ1v) is 4.25. The molecular weight excluding hydrogens is 166 g/mol. The van der Waals surface area contributed by atoms with Crippen molar-refractivity contribution in [2.75, 3.05) is 19.6 Å². The molecule has 13 heavy (non-hydrogen) atoms. The van der Waals surface area contributed by atoms with E-state index in [0.717, 1.165) is 18.5 Å². The third-order valence-electron chi connectivity index (χ3n) is 1.60. The molecule has 0 heterocycles. The minimum atomic E-state index is -0.802. The first-order chi connectivity index (χ1) is 6.06. The summed E-state index contributed by atoms with van der Waals surface area (Å²) in [6, 6.07) is 0. The van der Waals surface area contributed by atoms with Gasteiger partial charge in [-0.2, -0.15) is 0 Å².